The molecule has 20 heavy (non-hydrogen) atoms. The summed E-state index contributed by atoms with van der Waals surface area (Å²) in [5.41, 5.74) is 4.82. The number of benzene rings is 2. The zero-order valence-electron chi connectivity index (χ0n) is 11.8. The van der Waals surface area contributed by atoms with Crippen molar-refractivity contribution in [1.82, 2.24) is 0 Å². The van der Waals surface area contributed by atoms with Crippen molar-refractivity contribution in [1.29, 1.82) is 0 Å². The molecule has 0 saturated carbocycles. The zero-order chi connectivity index (χ0) is 14.1. The van der Waals surface area contributed by atoms with Crippen LogP contribution in [0.3, 0.4) is 0 Å². The number of aliphatic hydroxyl groups excluding tert-OH is 1. The monoisotopic (exact) mass is 282 g/mol. The molecule has 0 spiro atoms. The van der Waals surface area contributed by atoms with Gasteiger partial charge in [0.15, 0.2) is 0 Å². The van der Waals surface area contributed by atoms with Crippen LogP contribution in [0.5, 0.6) is 0 Å². The van der Waals surface area contributed by atoms with Crippen LogP contribution in [0.1, 0.15) is 28.4 Å². The Kier molecular flexibility index (Phi) is 3.60. The maximum atomic E-state index is 10.6. The average Bonchev–Trinajstić information content (AvgIpc) is 2.87. The molecule has 1 atom stereocenters. The van der Waals surface area contributed by atoms with Crippen molar-refractivity contribution in [2.24, 2.45) is 0 Å². The highest BCUT2D eigenvalue weighted by Gasteiger charge is 2.15. The van der Waals surface area contributed by atoms with Gasteiger partial charge < -0.3 is 5.11 Å². The summed E-state index contributed by atoms with van der Waals surface area (Å²) in [6, 6.07) is 14.6. The molecule has 0 amide bonds. The minimum atomic E-state index is -0.439. The Morgan fingerprint density at radius 3 is 2.45 bits per heavy atom. The maximum absolute atomic E-state index is 10.6. The molecule has 2 aromatic carbocycles. The maximum Gasteiger partial charge on any atom is 0.0844 e. The lowest BCUT2D eigenvalue weighted by Gasteiger charge is -2.14. The van der Waals surface area contributed by atoms with Crippen LogP contribution in [-0.4, -0.2) is 5.11 Å². The SMILES string of the molecule is Cc1cccc(C)c1CC(O)c1csc2ccccc12. The van der Waals surface area contributed by atoms with Crippen molar-refractivity contribution >= 4 is 21.4 Å². The molecule has 0 saturated heterocycles. The van der Waals surface area contributed by atoms with Crippen molar-refractivity contribution in [2.75, 3.05) is 0 Å². The van der Waals surface area contributed by atoms with E-state index in [1.165, 1.54) is 26.8 Å². The van der Waals surface area contributed by atoms with E-state index in [4.69, 9.17) is 0 Å². The Morgan fingerprint density at radius 2 is 1.70 bits per heavy atom. The molecular formula is C18H18OS. The molecule has 0 bridgehead atoms. The van der Waals surface area contributed by atoms with Gasteiger partial charge in [-0.1, -0.05) is 36.4 Å². The van der Waals surface area contributed by atoms with Crippen LogP contribution >= 0.6 is 11.3 Å². The molecule has 3 rings (SSSR count). The van der Waals surface area contributed by atoms with E-state index in [0.717, 1.165) is 5.56 Å². The predicted octanol–water partition coefficient (Wildman–Crippen LogP) is 4.79. The fraction of sp³-hybridized carbons (Fsp3) is 0.222. The lowest BCUT2D eigenvalue weighted by molar-refractivity contribution is 0.180. The van der Waals surface area contributed by atoms with Gasteiger partial charge in [-0.2, -0.15) is 0 Å². The molecule has 0 aliphatic rings. The second kappa shape index (κ2) is 5.39. The van der Waals surface area contributed by atoms with Gasteiger partial charge in [0.05, 0.1) is 6.10 Å². The van der Waals surface area contributed by atoms with Gasteiger partial charge >= 0.3 is 0 Å². The molecule has 2 heteroatoms. The van der Waals surface area contributed by atoms with Crippen molar-refractivity contribution in [3.63, 3.8) is 0 Å². The van der Waals surface area contributed by atoms with Crippen LogP contribution in [0.4, 0.5) is 0 Å². The molecule has 3 aromatic rings. The standard InChI is InChI=1S/C18H18OS/c1-12-6-5-7-13(2)15(12)10-17(19)16-11-20-18-9-4-3-8-14(16)18/h3-9,11,17,19H,10H2,1-2H3. The Bertz CT molecular complexity index is 722. The van der Waals surface area contributed by atoms with Crippen molar-refractivity contribution in [2.45, 2.75) is 26.4 Å². The van der Waals surface area contributed by atoms with Crippen LogP contribution in [-0.2, 0) is 6.42 Å². The van der Waals surface area contributed by atoms with Gasteiger partial charge in [-0.05, 0) is 52.9 Å². The molecule has 0 aliphatic carbocycles. The quantitative estimate of drug-likeness (QED) is 0.732. The minimum absolute atomic E-state index is 0.439. The van der Waals surface area contributed by atoms with E-state index in [2.05, 4.69) is 49.6 Å². The van der Waals surface area contributed by atoms with Gasteiger partial charge in [0.2, 0.25) is 0 Å². The molecule has 102 valence electrons. The van der Waals surface area contributed by atoms with E-state index < -0.39 is 6.10 Å². The third kappa shape index (κ3) is 2.37. The van der Waals surface area contributed by atoms with Crippen molar-refractivity contribution in [3.8, 4) is 0 Å². The Hall–Kier alpha value is -1.64. The lowest BCUT2D eigenvalue weighted by Crippen LogP contribution is -2.04. The van der Waals surface area contributed by atoms with Crippen LogP contribution in [0.15, 0.2) is 47.8 Å². The highest BCUT2D eigenvalue weighted by molar-refractivity contribution is 7.17. The summed E-state index contributed by atoms with van der Waals surface area (Å²) in [6.45, 7) is 4.22. The first-order valence-electron chi connectivity index (χ1n) is 6.86. The van der Waals surface area contributed by atoms with Gasteiger partial charge in [0.1, 0.15) is 0 Å². The van der Waals surface area contributed by atoms with Gasteiger partial charge in [0, 0.05) is 11.1 Å². The summed E-state index contributed by atoms with van der Waals surface area (Å²) in [4.78, 5) is 0. The van der Waals surface area contributed by atoms with Gasteiger partial charge in [0.25, 0.3) is 0 Å². The van der Waals surface area contributed by atoms with Crippen LogP contribution in [0.2, 0.25) is 0 Å². The molecule has 0 radical (unpaired) electrons. The van der Waals surface area contributed by atoms with E-state index >= 15 is 0 Å². The molecule has 1 heterocycles. The molecule has 1 N–H and O–H groups in total. The first-order chi connectivity index (χ1) is 9.66. The third-order valence-corrected chi connectivity index (χ3v) is 4.89. The van der Waals surface area contributed by atoms with E-state index in [9.17, 15) is 5.11 Å². The minimum Gasteiger partial charge on any atom is -0.388 e. The first kappa shape index (κ1) is 13.3. The molecule has 1 nitrogen and oxygen atoms in total. The molecule has 0 fully saturated rings. The topological polar surface area (TPSA) is 20.2 Å². The summed E-state index contributed by atoms with van der Waals surface area (Å²) in [7, 11) is 0. The number of aliphatic hydroxyl groups is 1. The number of hydrogen-bond donors (Lipinski definition) is 1. The third-order valence-electron chi connectivity index (χ3n) is 3.91. The fourth-order valence-electron chi connectivity index (χ4n) is 2.73. The Morgan fingerprint density at radius 1 is 1.00 bits per heavy atom. The van der Waals surface area contributed by atoms with E-state index in [0.29, 0.717) is 6.42 Å². The predicted molar refractivity (Wildman–Crippen MR) is 86.4 cm³/mol. The van der Waals surface area contributed by atoms with Crippen molar-refractivity contribution in [3.05, 3.63) is 70.1 Å². The molecule has 1 aromatic heterocycles. The summed E-state index contributed by atoms with van der Waals surface area (Å²) in [5.74, 6) is 0. The van der Waals surface area contributed by atoms with E-state index in [1.54, 1.807) is 11.3 Å². The number of rotatable bonds is 3. The summed E-state index contributed by atoms with van der Waals surface area (Å²) in [5, 5.41) is 13.9. The smallest absolute Gasteiger partial charge is 0.0844 e. The fourth-order valence-corrected chi connectivity index (χ4v) is 3.74. The van der Waals surface area contributed by atoms with Crippen LogP contribution in [0, 0.1) is 13.8 Å². The normalized spacial score (nSPS) is 12.8. The zero-order valence-corrected chi connectivity index (χ0v) is 12.6. The van der Waals surface area contributed by atoms with Gasteiger partial charge in [-0.25, -0.2) is 0 Å². The van der Waals surface area contributed by atoms with Gasteiger partial charge in [-0.15, -0.1) is 11.3 Å². The molecule has 0 aliphatic heterocycles. The average molecular weight is 282 g/mol. The van der Waals surface area contributed by atoms with Crippen LogP contribution in [0.25, 0.3) is 10.1 Å². The Balaban J connectivity index is 1.95. The largest absolute Gasteiger partial charge is 0.388 e. The summed E-state index contributed by atoms with van der Waals surface area (Å²) >= 11 is 1.70. The van der Waals surface area contributed by atoms with E-state index in [1.807, 2.05) is 12.1 Å². The molecule has 1 unspecified atom stereocenters. The van der Waals surface area contributed by atoms with E-state index in [-0.39, 0.29) is 0 Å². The summed E-state index contributed by atoms with van der Waals surface area (Å²) < 4.78 is 1.24. The highest BCUT2D eigenvalue weighted by Crippen LogP contribution is 2.32. The number of fused-ring (bicyclic) bond motifs is 1. The highest BCUT2D eigenvalue weighted by atomic mass is 32.1. The number of hydrogen-bond acceptors (Lipinski definition) is 2. The Labute approximate surface area is 123 Å². The first-order valence-corrected chi connectivity index (χ1v) is 7.74. The second-order valence-corrected chi connectivity index (χ2v) is 6.19. The lowest BCUT2D eigenvalue weighted by atomic mass is 9.94. The van der Waals surface area contributed by atoms with Crippen LogP contribution < -0.4 is 0 Å². The van der Waals surface area contributed by atoms with Crippen molar-refractivity contribution < 1.29 is 5.11 Å². The summed E-state index contributed by atoms with van der Waals surface area (Å²) in [6.07, 6.45) is 0.241. The molecular weight excluding hydrogens is 264 g/mol. The number of aryl methyl sites for hydroxylation is 2. The second-order valence-electron chi connectivity index (χ2n) is 5.28. The number of thiophene rings is 1. The van der Waals surface area contributed by atoms with Gasteiger partial charge in [-0.3, -0.25) is 0 Å².